The van der Waals surface area contributed by atoms with Crippen LogP contribution in [0.15, 0.2) is 42.5 Å². The van der Waals surface area contributed by atoms with Crippen molar-refractivity contribution in [2.75, 3.05) is 27.2 Å². The molecule has 0 bridgehead atoms. The van der Waals surface area contributed by atoms with E-state index in [1.54, 1.807) is 39.8 Å². The van der Waals surface area contributed by atoms with Gasteiger partial charge >= 0.3 is 12.2 Å². The third-order valence-corrected chi connectivity index (χ3v) is 10.1. The predicted molar refractivity (Wildman–Crippen MR) is 191 cm³/mol. The molecule has 1 saturated carbocycles. The number of ether oxygens (including phenoxy) is 2. The van der Waals surface area contributed by atoms with Gasteiger partial charge in [0.25, 0.3) is 0 Å². The Kier molecular flexibility index (Phi) is 12.2. The summed E-state index contributed by atoms with van der Waals surface area (Å²) in [4.78, 5) is 86.2. The summed E-state index contributed by atoms with van der Waals surface area (Å²) < 4.78 is 11.1. The Balaban J connectivity index is 1.39. The van der Waals surface area contributed by atoms with Gasteiger partial charge in [-0.25, -0.2) is 9.59 Å². The van der Waals surface area contributed by atoms with Crippen molar-refractivity contribution in [3.63, 3.8) is 0 Å². The molecule has 0 aromatic heterocycles. The third kappa shape index (κ3) is 9.43. The van der Waals surface area contributed by atoms with Crippen LogP contribution in [-0.2, 0) is 35.2 Å². The quantitative estimate of drug-likeness (QED) is 0.377. The average Bonchev–Trinajstić information content (AvgIpc) is 3.38. The number of allylic oxidation sites excluding steroid dienone is 1. The molecule has 0 spiro atoms. The topological polar surface area (TPSA) is 167 Å². The number of fused-ring (bicyclic) bond motifs is 2. The Hall–Kier alpha value is -4.62. The maximum absolute atomic E-state index is 14.5. The number of alkyl carbamates (subject to hydrolysis) is 1. The predicted octanol–water partition coefficient (Wildman–Crippen LogP) is 3.25. The fraction of sp³-hybridized carbons (Fsp3) is 0.632. The highest BCUT2D eigenvalue weighted by Gasteiger charge is 2.63. The van der Waals surface area contributed by atoms with Crippen LogP contribution < -0.4 is 16.0 Å². The van der Waals surface area contributed by atoms with E-state index in [1.165, 1.54) is 9.80 Å². The molecule has 1 aromatic carbocycles. The largest absolute Gasteiger partial charge is 0.444 e. The standard InChI is InChI=1S/C38H54N6O8/c1-37(2,3)52-35(49)40-28-18-13-8-6-7-12-17-26-22-38(26,41-32(46)30-21-27(24-44(30)33(28)47)51-36(50)42(4)5)34(48)43-20-14-19-29(43)31(45)39-23-25-15-10-9-11-16-25/h9-12,15-17,26-30H,6-8,13-14,18-24H2,1-5H3,(H,39,45)(H,40,49)(H,41,46)/t26-,27-,28+,29-,30+,38-/m1/s1. The van der Waals surface area contributed by atoms with Crippen LogP contribution in [0.5, 0.6) is 0 Å². The number of nitrogens with one attached hydrogen (secondary N) is 3. The molecule has 0 unspecified atom stereocenters. The van der Waals surface area contributed by atoms with Gasteiger partial charge in [-0.05, 0) is 64.9 Å². The van der Waals surface area contributed by atoms with Crippen molar-refractivity contribution in [2.24, 2.45) is 5.92 Å². The lowest BCUT2D eigenvalue weighted by molar-refractivity contribution is -0.145. The van der Waals surface area contributed by atoms with Gasteiger partial charge in [0, 0.05) is 39.5 Å². The zero-order chi connectivity index (χ0) is 37.6. The zero-order valence-corrected chi connectivity index (χ0v) is 31.0. The summed E-state index contributed by atoms with van der Waals surface area (Å²) in [5.74, 6) is -1.92. The Morgan fingerprint density at radius 3 is 2.48 bits per heavy atom. The van der Waals surface area contributed by atoms with Crippen LogP contribution >= 0.6 is 0 Å². The van der Waals surface area contributed by atoms with E-state index in [4.69, 9.17) is 9.47 Å². The summed E-state index contributed by atoms with van der Waals surface area (Å²) in [6.07, 6.45) is 6.68. The van der Waals surface area contributed by atoms with Gasteiger partial charge < -0.3 is 40.1 Å². The van der Waals surface area contributed by atoms with Gasteiger partial charge in [-0.3, -0.25) is 19.2 Å². The van der Waals surface area contributed by atoms with Gasteiger partial charge in [0.15, 0.2) is 0 Å². The molecule has 1 aromatic rings. The van der Waals surface area contributed by atoms with E-state index in [2.05, 4.69) is 16.0 Å². The number of carbonyl (C=O) groups is 6. The maximum atomic E-state index is 14.5. The lowest BCUT2D eigenvalue weighted by Crippen LogP contribution is -2.59. The van der Waals surface area contributed by atoms with Crippen molar-refractivity contribution < 1.29 is 38.2 Å². The van der Waals surface area contributed by atoms with Gasteiger partial charge in [0.2, 0.25) is 23.6 Å². The molecule has 14 heteroatoms. The minimum atomic E-state index is -1.29. The maximum Gasteiger partial charge on any atom is 0.409 e. The van der Waals surface area contributed by atoms with Crippen LogP contribution in [0, 0.1) is 5.92 Å². The van der Waals surface area contributed by atoms with Gasteiger partial charge in [-0.1, -0.05) is 55.3 Å². The smallest absolute Gasteiger partial charge is 0.409 e. The highest BCUT2D eigenvalue weighted by atomic mass is 16.6. The summed E-state index contributed by atoms with van der Waals surface area (Å²) in [6.45, 7) is 5.83. The molecule has 4 aliphatic rings. The molecule has 0 radical (unpaired) electrons. The monoisotopic (exact) mass is 722 g/mol. The Morgan fingerprint density at radius 1 is 1.02 bits per heavy atom. The molecule has 3 aliphatic heterocycles. The van der Waals surface area contributed by atoms with Crippen LogP contribution in [0.1, 0.15) is 84.1 Å². The van der Waals surface area contributed by atoms with E-state index in [-0.39, 0.29) is 30.7 Å². The molecule has 284 valence electrons. The number of carbonyl (C=O) groups excluding carboxylic acids is 6. The number of hydrogen-bond donors (Lipinski definition) is 3. The van der Waals surface area contributed by atoms with Crippen LogP contribution in [0.4, 0.5) is 9.59 Å². The summed E-state index contributed by atoms with van der Waals surface area (Å²) >= 11 is 0. The minimum absolute atomic E-state index is 0.00924. The molecule has 14 nitrogen and oxygen atoms in total. The second kappa shape index (κ2) is 16.4. The van der Waals surface area contributed by atoms with Crippen molar-refractivity contribution in [2.45, 2.75) is 120 Å². The first-order valence-electron chi connectivity index (χ1n) is 18.5. The van der Waals surface area contributed by atoms with Crippen LogP contribution in [0.3, 0.4) is 0 Å². The molecular weight excluding hydrogens is 668 g/mol. The summed E-state index contributed by atoms with van der Waals surface area (Å²) in [5, 5.41) is 8.73. The summed E-state index contributed by atoms with van der Waals surface area (Å²) in [7, 11) is 3.08. The highest BCUT2D eigenvalue weighted by molar-refractivity contribution is 6.00. The number of hydrogen-bond acceptors (Lipinski definition) is 8. The SMILES string of the molecule is CN(C)C(=O)O[C@@H]1C[C@H]2C(=O)N[C@]3(C(=O)N4CCC[C@@H]4C(=O)NCc4ccccc4)C[C@H]3C=CCCCCC[C@H](NC(=O)OC(C)(C)C)C(=O)N2C1. The molecule has 52 heavy (non-hydrogen) atoms. The Morgan fingerprint density at radius 2 is 1.77 bits per heavy atom. The second-order valence-electron chi connectivity index (χ2n) is 15.5. The fourth-order valence-electron chi connectivity index (χ4n) is 7.29. The number of benzene rings is 1. The van der Waals surface area contributed by atoms with Crippen LogP contribution in [0.25, 0.3) is 0 Å². The molecule has 3 heterocycles. The van der Waals surface area contributed by atoms with E-state index >= 15 is 0 Å². The number of amides is 6. The first-order chi connectivity index (χ1) is 24.7. The van der Waals surface area contributed by atoms with Gasteiger partial charge in [-0.15, -0.1) is 0 Å². The molecule has 2 saturated heterocycles. The molecular formula is C38H54N6O8. The van der Waals surface area contributed by atoms with Crippen molar-refractivity contribution in [1.82, 2.24) is 30.7 Å². The Bertz CT molecular complexity index is 1530. The second-order valence-corrected chi connectivity index (χ2v) is 15.5. The molecule has 1 aliphatic carbocycles. The average molecular weight is 723 g/mol. The highest BCUT2D eigenvalue weighted by Crippen LogP contribution is 2.47. The molecule has 6 atom stereocenters. The number of rotatable bonds is 6. The third-order valence-electron chi connectivity index (χ3n) is 10.1. The van der Waals surface area contributed by atoms with E-state index in [0.717, 1.165) is 24.8 Å². The van der Waals surface area contributed by atoms with Crippen molar-refractivity contribution in [1.29, 1.82) is 0 Å². The van der Waals surface area contributed by atoms with Crippen LogP contribution in [0.2, 0.25) is 0 Å². The van der Waals surface area contributed by atoms with Crippen molar-refractivity contribution in [3.8, 4) is 0 Å². The van der Waals surface area contributed by atoms with Gasteiger partial charge in [0.05, 0.1) is 6.54 Å². The molecule has 5 rings (SSSR count). The summed E-state index contributed by atoms with van der Waals surface area (Å²) in [5.41, 5.74) is -1.14. The first kappa shape index (κ1) is 38.6. The Labute approximate surface area is 306 Å². The van der Waals surface area contributed by atoms with Crippen molar-refractivity contribution >= 4 is 35.8 Å². The van der Waals surface area contributed by atoms with E-state index in [1.807, 2.05) is 42.5 Å². The van der Waals surface area contributed by atoms with Gasteiger partial charge in [-0.2, -0.15) is 0 Å². The zero-order valence-electron chi connectivity index (χ0n) is 31.0. The van der Waals surface area contributed by atoms with E-state index in [0.29, 0.717) is 45.2 Å². The summed E-state index contributed by atoms with van der Waals surface area (Å²) in [6, 6.07) is 6.79. The molecule has 3 N–H and O–H groups in total. The lowest BCUT2D eigenvalue weighted by Gasteiger charge is -2.32. The molecule has 3 fully saturated rings. The number of likely N-dealkylation sites (tertiary alicyclic amines) is 1. The van der Waals surface area contributed by atoms with Crippen molar-refractivity contribution in [3.05, 3.63) is 48.0 Å². The lowest BCUT2D eigenvalue weighted by atomic mass is 10.0. The van der Waals surface area contributed by atoms with Gasteiger partial charge in [0.1, 0.15) is 35.4 Å². The normalized spacial score (nSPS) is 28.0. The van der Waals surface area contributed by atoms with Crippen LogP contribution in [-0.4, -0.2) is 113 Å². The molecule has 6 amide bonds. The fourth-order valence-corrected chi connectivity index (χ4v) is 7.29. The van der Waals surface area contributed by atoms with E-state index in [9.17, 15) is 28.8 Å². The van der Waals surface area contributed by atoms with E-state index < -0.39 is 59.4 Å². The number of nitrogens with zero attached hydrogens (tertiary/aromatic N) is 3. The first-order valence-corrected chi connectivity index (χ1v) is 18.5. The minimum Gasteiger partial charge on any atom is -0.444 e.